The molecule has 0 aliphatic heterocycles. The number of rotatable bonds is 5. The molecule has 2 heterocycles. The van der Waals surface area contributed by atoms with Gasteiger partial charge in [0.15, 0.2) is 11.0 Å². The Bertz CT molecular complexity index is 520. The predicted molar refractivity (Wildman–Crippen MR) is 66.8 cm³/mol. The summed E-state index contributed by atoms with van der Waals surface area (Å²) < 4.78 is 7.00. The molecule has 0 atom stereocenters. The van der Waals surface area contributed by atoms with Gasteiger partial charge < -0.3 is 14.8 Å². The lowest BCUT2D eigenvalue weighted by Crippen LogP contribution is -2.05. The topological polar surface area (TPSA) is 95.7 Å². The van der Waals surface area contributed by atoms with E-state index in [4.69, 9.17) is 10.3 Å². The molecule has 0 saturated heterocycles. The summed E-state index contributed by atoms with van der Waals surface area (Å²) in [7, 11) is 1.89. The van der Waals surface area contributed by atoms with Crippen molar-refractivity contribution in [2.45, 2.75) is 37.2 Å². The molecule has 2 N–H and O–H groups in total. The fourth-order valence-electron chi connectivity index (χ4n) is 1.34. The predicted octanol–water partition coefficient (Wildman–Crippen LogP) is 1.07. The van der Waals surface area contributed by atoms with Crippen LogP contribution in [0.2, 0.25) is 0 Å². The van der Waals surface area contributed by atoms with Crippen LogP contribution in [0.5, 0.6) is 0 Å². The fourth-order valence-corrected chi connectivity index (χ4v) is 2.11. The van der Waals surface area contributed by atoms with Crippen molar-refractivity contribution in [1.29, 1.82) is 0 Å². The van der Waals surface area contributed by atoms with E-state index in [0.29, 0.717) is 24.0 Å². The molecular formula is C10H16N6OS. The third-order valence-electron chi connectivity index (χ3n) is 2.42. The van der Waals surface area contributed by atoms with Gasteiger partial charge in [-0.15, -0.1) is 10.2 Å². The van der Waals surface area contributed by atoms with Crippen molar-refractivity contribution in [3.8, 4) is 0 Å². The van der Waals surface area contributed by atoms with Crippen molar-refractivity contribution in [2.75, 3.05) is 0 Å². The molecule has 0 aliphatic carbocycles. The van der Waals surface area contributed by atoms with Crippen LogP contribution in [-0.4, -0.2) is 24.9 Å². The van der Waals surface area contributed by atoms with Crippen molar-refractivity contribution in [3.63, 3.8) is 0 Å². The van der Waals surface area contributed by atoms with Gasteiger partial charge in [-0.1, -0.05) is 30.8 Å². The fraction of sp³-hybridized carbons (Fsp3) is 0.600. The lowest BCUT2D eigenvalue weighted by atomic mass is 10.2. The third-order valence-corrected chi connectivity index (χ3v) is 3.43. The lowest BCUT2D eigenvalue weighted by molar-refractivity contribution is 0.362. The number of thioether (sulfide) groups is 1. The normalized spacial score (nSPS) is 11.4. The van der Waals surface area contributed by atoms with Gasteiger partial charge in [0.25, 0.3) is 0 Å². The van der Waals surface area contributed by atoms with Crippen LogP contribution >= 0.6 is 11.8 Å². The number of nitrogens with two attached hydrogens (primary N) is 1. The van der Waals surface area contributed by atoms with Gasteiger partial charge in [0, 0.05) is 13.0 Å². The monoisotopic (exact) mass is 268 g/mol. The second-order valence-electron chi connectivity index (χ2n) is 4.15. The summed E-state index contributed by atoms with van der Waals surface area (Å²) in [5, 5.41) is 12.8. The zero-order chi connectivity index (χ0) is 13.1. The maximum atomic E-state index is 5.54. The smallest absolute Gasteiger partial charge is 0.229 e. The van der Waals surface area contributed by atoms with Crippen molar-refractivity contribution in [3.05, 3.63) is 17.5 Å². The van der Waals surface area contributed by atoms with E-state index in [1.165, 1.54) is 11.8 Å². The first-order valence-electron chi connectivity index (χ1n) is 5.65. The van der Waals surface area contributed by atoms with Crippen LogP contribution in [0.3, 0.4) is 0 Å². The Kier molecular flexibility index (Phi) is 3.97. The average molecular weight is 268 g/mol. The Morgan fingerprint density at radius 1 is 1.39 bits per heavy atom. The Labute approximate surface area is 109 Å². The number of hydrogen-bond donors (Lipinski definition) is 1. The van der Waals surface area contributed by atoms with Gasteiger partial charge in [-0.3, -0.25) is 0 Å². The van der Waals surface area contributed by atoms with Crippen molar-refractivity contribution >= 4 is 11.8 Å². The maximum Gasteiger partial charge on any atom is 0.229 e. The van der Waals surface area contributed by atoms with Crippen molar-refractivity contribution in [1.82, 2.24) is 24.9 Å². The van der Waals surface area contributed by atoms with Crippen LogP contribution in [0, 0.1) is 0 Å². The minimum absolute atomic E-state index is 0.245. The zero-order valence-corrected chi connectivity index (χ0v) is 11.4. The number of hydrogen-bond acceptors (Lipinski definition) is 7. The summed E-state index contributed by atoms with van der Waals surface area (Å²) >= 11 is 1.51. The first-order valence-corrected chi connectivity index (χ1v) is 6.64. The molecule has 7 nitrogen and oxygen atoms in total. The van der Waals surface area contributed by atoms with E-state index < -0.39 is 0 Å². The zero-order valence-electron chi connectivity index (χ0n) is 10.6. The molecule has 2 rings (SSSR count). The molecular weight excluding hydrogens is 252 g/mol. The summed E-state index contributed by atoms with van der Waals surface area (Å²) in [6, 6.07) is 0. The second-order valence-corrected chi connectivity index (χ2v) is 5.10. The minimum Gasteiger partial charge on any atom is -0.339 e. The van der Waals surface area contributed by atoms with Gasteiger partial charge in [-0.25, -0.2) is 0 Å². The summed E-state index contributed by atoms with van der Waals surface area (Å²) in [6.07, 6.45) is 0. The summed E-state index contributed by atoms with van der Waals surface area (Å²) in [6.45, 7) is 4.41. The summed E-state index contributed by atoms with van der Waals surface area (Å²) in [5.41, 5.74) is 5.54. The van der Waals surface area contributed by atoms with Crippen molar-refractivity contribution < 1.29 is 4.52 Å². The average Bonchev–Trinajstić information content (AvgIpc) is 2.93. The van der Waals surface area contributed by atoms with Crippen molar-refractivity contribution in [2.24, 2.45) is 12.8 Å². The Hall–Kier alpha value is -1.41. The van der Waals surface area contributed by atoms with E-state index in [9.17, 15) is 0 Å². The van der Waals surface area contributed by atoms with Gasteiger partial charge in [-0.05, 0) is 0 Å². The van der Waals surface area contributed by atoms with Crippen LogP contribution in [-0.2, 0) is 19.3 Å². The number of aromatic nitrogens is 5. The van der Waals surface area contributed by atoms with Crippen LogP contribution in [0.1, 0.15) is 37.3 Å². The second kappa shape index (κ2) is 5.49. The van der Waals surface area contributed by atoms with Crippen LogP contribution in [0.15, 0.2) is 9.68 Å². The minimum atomic E-state index is 0.245. The first kappa shape index (κ1) is 13.0. The van der Waals surface area contributed by atoms with Gasteiger partial charge in [0.05, 0.1) is 12.3 Å². The molecule has 0 bridgehead atoms. The van der Waals surface area contributed by atoms with E-state index in [1.807, 2.05) is 25.5 Å². The summed E-state index contributed by atoms with van der Waals surface area (Å²) in [5.74, 6) is 2.93. The standard InChI is InChI=1S/C10H16N6OS/c1-6(2)9-12-7(15-17-9)5-18-10-14-13-8(4-11)16(10)3/h6H,4-5,11H2,1-3H3. The molecule has 18 heavy (non-hydrogen) atoms. The molecule has 0 aromatic carbocycles. The highest BCUT2D eigenvalue weighted by molar-refractivity contribution is 7.98. The van der Waals surface area contributed by atoms with E-state index in [1.54, 1.807) is 0 Å². The molecule has 2 aromatic rings. The Morgan fingerprint density at radius 3 is 2.72 bits per heavy atom. The van der Waals surface area contributed by atoms with E-state index in [-0.39, 0.29) is 5.92 Å². The molecule has 0 unspecified atom stereocenters. The molecule has 0 fully saturated rings. The summed E-state index contributed by atoms with van der Waals surface area (Å²) in [4.78, 5) is 4.30. The SMILES string of the molecule is CC(C)c1nc(CSc2nnc(CN)n2C)no1. The quantitative estimate of drug-likeness (QED) is 0.810. The molecule has 0 radical (unpaired) electrons. The highest BCUT2D eigenvalue weighted by Gasteiger charge is 2.12. The third kappa shape index (κ3) is 2.70. The van der Waals surface area contributed by atoms with E-state index >= 15 is 0 Å². The largest absolute Gasteiger partial charge is 0.339 e. The van der Waals surface area contributed by atoms with E-state index in [2.05, 4.69) is 20.3 Å². The molecule has 8 heteroatoms. The molecule has 0 aliphatic rings. The van der Waals surface area contributed by atoms with Gasteiger partial charge in [0.2, 0.25) is 5.89 Å². The van der Waals surface area contributed by atoms with Gasteiger partial charge >= 0.3 is 0 Å². The molecule has 98 valence electrons. The molecule has 2 aromatic heterocycles. The molecule has 0 spiro atoms. The van der Waals surface area contributed by atoms with Crippen LogP contribution in [0.4, 0.5) is 0 Å². The number of nitrogens with zero attached hydrogens (tertiary/aromatic N) is 5. The van der Waals surface area contributed by atoms with Gasteiger partial charge in [-0.2, -0.15) is 4.98 Å². The van der Waals surface area contributed by atoms with Crippen LogP contribution in [0.25, 0.3) is 0 Å². The maximum absolute atomic E-state index is 5.54. The Balaban J connectivity index is 2.00. The highest BCUT2D eigenvalue weighted by atomic mass is 32.2. The molecule has 0 saturated carbocycles. The van der Waals surface area contributed by atoms with Crippen LogP contribution < -0.4 is 5.73 Å². The lowest BCUT2D eigenvalue weighted by Gasteiger charge is -1.99. The highest BCUT2D eigenvalue weighted by Crippen LogP contribution is 2.20. The van der Waals surface area contributed by atoms with E-state index in [0.717, 1.165) is 11.0 Å². The van der Waals surface area contributed by atoms with Gasteiger partial charge in [0.1, 0.15) is 5.82 Å². The molecule has 0 amide bonds. The Morgan fingerprint density at radius 2 is 2.17 bits per heavy atom. The first-order chi connectivity index (χ1) is 8.61.